The van der Waals surface area contributed by atoms with Gasteiger partial charge in [-0.2, -0.15) is 0 Å². The second-order valence-electron chi connectivity index (χ2n) is 13.7. The number of ether oxygens (including phenoxy) is 1. The van der Waals surface area contributed by atoms with Crippen LogP contribution < -0.4 is 9.64 Å². The van der Waals surface area contributed by atoms with Crippen LogP contribution in [0, 0.1) is 52.8 Å². The third kappa shape index (κ3) is 4.80. The number of imide groups is 2. The maximum Gasteiger partial charge on any atom is 0.258 e. The van der Waals surface area contributed by atoms with Gasteiger partial charge in [-0.1, -0.05) is 23.8 Å². The van der Waals surface area contributed by atoms with Gasteiger partial charge < -0.3 is 14.9 Å². The van der Waals surface area contributed by atoms with Crippen molar-refractivity contribution in [3.63, 3.8) is 0 Å². The number of allylic oxidation sites excluding steroid dienone is 3. The summed E-state index contributed by atoms with van der Waals surface area (Å²) < 4.78 is 79.5. The number of phenols is 2. The van der Waals surface area contributed by atoms with Crippen molar-refractivity contribution in [3.8, 4) is 17.2 Å². The summed E-state index contributed by atoms with van der Waals surface area (Å²) in [5.41, 5.74) is -0.270. The Labute approximate surface area is 306 Å². The number of phenolic OH excluding ortho intramolecular Hbond substituents is 2. The van der Waals surface area contributed by atoms with Gasteiger partial charge in [0.15, 0.2) is 33.0 Å². The molecule has 3 aromatic rings. The zero-order chi connectivity index (χ0) is 37.9. The Hall–Kier alpha value is -4.95. The minimum Gasteiger partial charge on any atom is -0.508 e. The van der Waals surface area contributed by atoms with Crippen LogP contribution in [0.15, 0.2) is 65.9 Å². The number of hydrogen-bond donors (Lipinski definition) is 2. The van der Waals surface area contributed by atoms with Crippen molar-refractivity contribution in [2.24, 2.45) is 23.7 Å². The first-order valence-corrected chi connectivity index (χ1v) is 17.1. The molecule has 0 aromatic heterocycles. The number of aromatic hydroxyl groups is 2. The summed E-state index contributed by atoms with van der Waals surface area (Å²) in [6.07, 6.45) is 2.35. The molecule has 3 aliphatic heterocycles. The highest BCUT2D eigenvalue weighted by molar-refractivity contribution is 6.58. The van der Waals surface area contributed by atoms with E-state index in [0.717, 1.165) is 10.5 Å². The maximum absolute atomic E-state index is 15.3. The Kier molecular flexibility index (Phi) is 7.97. The number of rotatable bonds is 5. The van der Waals surface area contributed by atoms with Gasteiger partial charge in [-0.05, 0) is 66.6 Å². The summed E-state index contributed by atoms with van der Waals surface area (Å²) in [6, 6.07) is 10.4. The van der Waals surface area contributed by atoms with Gasteiger partial charge in [0, 0.05) is 24.4 Å². The summed E-state index contributed by atoms with van der Waals surface area (Å²) >= 11 is 14.4. The molecule has 3 aromatic carbocycles. The van der Waals surface area contributed by atoms with Crippen molar-refractivity contribution in [2.45, 2.75) is 35.4 Å². The normalized spacial score (nSPS) is 29.0. The molecule has 0 unspecified atom stereocenters. The van der Waals surface area contributed by atoms with E-state index in [9.17, 15) is 42.6 Å². The van der Waals surface area contributed by atoms with Crippen molar-refractivity contribution < 1.29 is 56.1 Å². The van der Waals surface area contributed by atoms with E-state index in [1.54, 1.807) is 18.2 Å². The van der Waals surface area contributed by atoms with Crippen LogP contribution in [0.25, 0.3) is 0 Å². The number of halogens is 7. The van der Waals surface area contributed by atoms with E-state index in [1.807, 2.05) is 0 Å². The fourth-order valence-corrected chi connectivity index (χ4v) is 9.52. The minimum atomic E-state index is -2.69. The highest BCUT2D eigenvalue weighted by atomic mass is 35.5. The number of amides is 4. The highest BCUT2D eigenvalue weighted by Gasteiger charge is 2.77. The molecule has 3 fully saturated rings. The molecule has 16 heteroatoms. The first-order chi connectivity index (χ1) is 25.1. The molecule has 0 spiro atoms. The smallest absolute Gasteiger partial charge is 0.258 e. The number of hydrogen-bond acceptors (Lipinski definition) is 7. The van der Waals surface area contributed by atoms with Gasteiger partial charge in [0.05, 0.1) is 18.1 Å². The molecule has 1 saturated carbocycles. The lowest BCUT2D eigenvalue weighted by Gasteiger charge is -2.51. The molecule has 4 amide bonds. The molecule has 0 bridgehead atoms. The average Bonchev–Trinajstić information content (AvgIpc) is 3.46. The lowest BCUT2D eigenvalue weighted by Crippen LogP contribution is -2.61. The molecule has 9 nitrogen and oxygen atoms in total. The van der Waals surface area contributed by atoms with Gasteiger partial charge in [-0.25, -0.2) is 26.9 Å². The van der Waals surface area contributed by atoms with E-state index in [2.05, 4.69) is 0 Å². The summed E-state index contributed by atoms with van der Waals surface area (Å²) in [4.78, 5) is 52.3. The van der Waals surface area contributed by atoms with E-state index in [0.29, 0.717) is 11.3 Å². The molecular formula is C37H25Cl2F5N2O7. The Balaban J connectivity index is 1.25. The summed E-state index contributed by atoms with van der Waals surface area (Å²) in [5, 5.41) is 19.8. The summed E-state index contributed by atoms with van der Waals surface area (Å²) in [7, 11) is 0. The first kappa shape index (κ1) is 35.1. The zero-order valence-corrected chi connectivity index (χ0v) is 28.5. The third-order valence-corrected chi connectivity index (χ3v) is 12.4. The number of fused-ring (bicyclic) bond motifs is 5. The third-order valence-electron chi connectivity index (χ3n) is 11.0. The monoisotopic (exact) mass is 774 g/mol. The molecule has 2 N–H and O–H groups in total. The average molecular weight is 776 g/mol. The molecule has 2 aliphatic carbocycles. The number of carbonyl (C=O) groups excluding carboxylic acids is 4. The van der Waals surface area contributed by atoms with Crippen molar-refractivity contribution in [2.75, 3.05) is 11.4 Å². The van der Waals surface area contributed by atoms with Crippen molar-refractivity contribution >= 4 is 52.5 Å². The number of benzene rings is 3. The van der Waals surface area contributed by atoms with Gasteiger partial charge in [0.2, 0.25) is 17.6 Å². The molecule has 2 saturated heterocycles. The molecule has 3 heterocycles. The molecular weight excluding hydrogens is 750 g/mol. The van der Waals surface area contributed by atoms with Crippen LogP contribution in [0.3, 0.4) is 0 Å². The Bertz CT molecular complexity index is 2220. The largest absolute Gasteiger partial charge is 0.508 e. The van der Waals surface area contributed by atoms with E-state index in [4.69, 9.17) is 27.9 Å². The Morgan fingerprint density at radius 2 is 1.45 bits per heavy atom. The van der Waals surface area contributed by atoms with Crippen LogP contribution in [0.4, 0.5) is 27.6 Å². The number of likely N-dealkylation sites (tertiary alicyclic amines) is 1. The Morgan fingerprint density at radius 1 is 0.811 bits per heavy atom. The lowest BCUT2D eigenvalue weighted by molar-refractivity contribution is -0.140. The fraction of sp³-hybridized carbons (Fsp3) is 0.297. The molecule has 53 heavy (non-hydrogen) atoms. The molecule has 274 valence electrons. The van der Waals surface area contributed by atoms with E-state index in [1.165, 1.54) is 36.6 Å². The minimum absolute atomic E-state index is 0.00938. The number of nitrogens with zero attached hydrogens (tertiary/aromatic N) is 2. The molecule has 0 radical (unpaired) electrons. The second-order valence-corrected chi connectivity index (χ2v) is 15.0. The maximum atomic E-state index is 15.3. The van der Waals surface area contributed by atoms with E-state index in [-0.39, 0.29) is 53.4 Å². The van der Waals surface area contributed by atoms with Crippen LogP contribution in [-0.2, 0) is 32.0 Å². The number of alkyl halides is 2. The van der Waals surface area contributed by atoms with Gasteiger partial charge in [-0.3, -0.25) is 24.1 Å². The standard InChI is InChI=1S/C37H25Cl2F5N2O7/c38-36-13-22-20(6-7-21-24(22)33(50)45(32(21)49)10-9-15-1-3-18(47)4-2-15)25(17-11-16-12-19(48)5-8-23(16)53-14-17)37(36,39)35(52)46(34(36)51)31-29(43)27(41)26(40)28(42)30(31)44/h1-6,8,12,14,21-22,24-25,47-48H,7,9-11,13H2/t21-,22+,24-,25-,36+,37-/m0/s1. The van der Waals surface area contributed by atoms with Crippen LogP contribution >= 0.6 is 23.2 Å². The predicted octanol–water partition coefficient (Wildman–Crippen LogP) is 5.95. The first-order valence-electron chi connectivity index (χ1n) is 16.4. The SMILES string of the molecule is O=C1[C@H]2[C@H](CC=C3[C@H](C4=COc5ccc(O)cc5C4)[C@]4(Cl)C(=O)N(c5c(F)c(F)c(F)c(F)c5F)C(=O)[C@]4(Cl)C[C@H]32)C(=O)N1CCc1ccc(O)cc1. The van der Waals surface area contributed by atoms with E-state index < -0.39 is 98.2 Å². The molecule has 8 rings (SSSR count). The van der Waals surface area contributed by atoms with Crippen LogP contribution in [-0.4, -0.2) is 55.0 Å². The predicted molar refractivity (Wildman–Crippen MR) is 176 cm³/mol. The quantitative estimate of drug-likeness (QED) is 0.0821. The van der Waals surface area contributed by atoms with Crippen molar-refractivity contribution in [1.29, 1.82) is 0 Å². The molecule has 6 atom stereocenters. The van der Waals surface area contributed by atoms with Crippen molar-refractivity contribution in [3.05, 3.63) is 106 Å². The lowest BCUT2D eigenvalue weighted by atomic mass is 9.56. The van der Waals surface area contributed by atoms with Crippen LogP contribution in [0.5, 0.6) is 17.2 Å². The topological polar surface area (TPSA) is 124 Å². The van der Waals surface area contributed by atoms with Gasteiger partial charge >= 0.3 is 0 Å². The zero-order valence-electron chi connectivity index (χ0n) is 27.0. The fourth-order valence-electron chi connectivity index (χ4n) is 8.57. The van der Waals surface area contributed by atoms with Crippen LogP contribution in [0.2, 0.25) is 0 Å². The highest BCUT2D eigenvalue weighted by Crippen LogP contribution is 2.65. The van der Waals surface area contributed by atoms with Crippen LogP contribution in [0.1, 0.15) is 24.0 Å². The summed E-state index contributed by atoms with van der Waals surface area (Å²) in [5.74, 6) is -21.0. The van der Waals surface area contributed by atoms with E-state index >= 15 is 8.78 Å². The van der Waals surface area contributed by atoms with Gasteiger partial charge in [0.25, 0.3) is 11.8 Å². The van der Waals surface area contributed by atoms with Crippen molar-refractivity contribution in [1.82, 2.24) is 4.90 Å². The summed E-state index contributed by atoms with van der Waals surface area (Å²) in [6.45, 7) is -0.0307. The van der Waals surface area contributed by atoms with Gasteiger partial charge in [-0.15, -0.1) is 23.2 Å². The second kappa shape index (κ2) is 12.0. The van der Waals surface area contributed by atoms with Gasteiger partial charge in [0.1, 0.15) is 22.9 Å². The Morgan fingerprint density at radius 3 is 2.13 bits per heavy atom. The molecule has 5 aliphatic rings. The number of carbonyl (C=O) groups is 4. The number of anilines is 1.